The van der Waals surface area contributed by atoms with Gasteiger partial charge in [-0.1, -0.05) is 57.5 Å². The summed E-state index contributed by atoms with van der Waals surface area (Å²) in [5.74, 6) is 2.26. The van der Waals surface area contributed by atoms with Gasteiger partial charge < -0.3 is 83.7 Å². The van der Waals surface area contributed by atoms with Crippen LogP contribution in [0, 0.1) is 46.3 Å². The first-order valence-corrected chi connectivity index (χ1v) is 27.0. The Labute approximate surface area is 422 Å². The number of carbonyl (C=O) groups is 1. The molecule has 1 amide bonds. The van der Waals surface area contributed by atoms with Crippen molar-refractivity contribution in [1.29, 1.82) is 0 Å². The maximum Gasteiger partial charge on any atom is 0.251 e. The lowest BCUT2D eigenvalue weighted by Crippen LogP contribution is -2.66. The van der Waals surface area contributed by atoms with Gasteiger partial charge in [0.25, 0.3) is 5.91 Å². The summed E-state index contributed by atoms with van der Waals surface area (Å²) in [6.45, 7) is 13.0. The van der Waals surface area contributed by atoms with Crippen molar-refractivity contribution in [2.75, 3.05) is 26.4 Å². The van der Waals surface area contributed by atoms with Crippen molar-refractivity contribution in [2.45, 2.75) is 209 Å². The Hall–Kier alpha value is -2.21. The molecule has 3 saturated carbocycles. The van der Waals surface area contributed by atoms with Gasteiger partial charge in [0.2, 0.25) is 0 Å². The largest absolute Gasteiger partial charge is 0.394 e. The van der Waals surface area contributed by atoms with E-state index in [1.807, 2.05) is 6.07 Å². The summed E-state index contributed by atoms with van der Waals surface area (Å²) in [6.07, 6.45) is -10.2. The molecular weight excluding hydrogens is 935 g/mol. The highest BCUT2D eigenvalue weighted by atomic mass is 16.8. The number of hydrogen-bond acceptors (Lipinski definition) is 17. The minimum atomic E-state index is -1.73. The van der Waals surface area contributed by atoms with Crippen LogP contribution in [0.1, 0.15) is 110 Å². The van der Waals surface area contributed by atoms with Gasteiger partial charge in [0.15, 0.2) is 24.7 Å². The summed E-state index contributed by atoms with van der Waals surface area (Å²) in [4.78, 5) is 12.5. The number of hydrogen-bond donors (Lipinski definition) is 8. The van der Waals surface area contributed by atoms with E-state index in [2.05, 4.69) is 39.1 Å². The SMILES string of the molecule is C[C@H]1CC[C@@]2(OC1)O[C@H]1CC3[C@@H]4CC=C5C[C@@H](O[C@@H]6O[C@H](CO)[C@@H](O[C@H]7O[C@H](C)[C@@H](OCCNC(=O)c8ccccc8)[C@H](O)[C@@H]7O)[C@H](O)[C@H]6O[C@H]6O[C@H](C)[C@@H](O)[C@H](O)[C@@H]6O)CC[C@]5(C)[C@H]4CC[C@]3(C)[C@H]1[C@@H]2C. The summed E-state index contributed by atoms with van der Waals surface area (Å²) in [5, 5.41) is 80.7. The molecule has 1 aromatic rings. The third-order valence-corrected chi connectivity index (χ3v) is 19.4. The molecule has 10 rings (SSSR count). The second-order valence-corrected chi connectivity index (χ2v) is 23.5. The van der Waals surface area contributed by atoms with Gasteiger partial charge in [-0.15, -0.1) is 0 Å². The fraction of sp³-hybridized carbons (Fsp3) is 0.833. The average Bonchev–Trinajstić information content (AvgIpc) is 3.82. The van der Waals surface area contributed by atoms with E-state index < -0.39 is 105 Å². The summed E-state index contributed by atoms with van der Waals surface area (Å²) >= 11 is 0. The van der Waals surface area contributed by atoms with Gasteiger partial charge in [-0.2, -0.15) is 0 Å². The molecule has 26 atom stereocenters. The normalized spacial score (nSPS) is 51.1. The number of fused-ring (bicyclic) bond motifs is 7. The zero-order valence-corrected chi connectivity index (χ0v) is 42.6. The minimum Gasteiger partial charge on any atom is -0.394 e. The molecular formula is C54H81NO17. The number of allylic oxidation sites excluding steroid dienone is 1. The van der Waals surface area contributed by atoms with Gasteiger partial charge in [-0.3, -0.25) is 4.79 Å². The summed E-state index contributed by atoms with van der Waals surface area (Å²) < 4.78 is 57.0. The van der Waals surface area contributed by atoms with E-state index in [1.54, 1.807) is 31.2 Å². The molecule has 8 fully saturated rings. The summed E-state index contributed by atoms with van der Waals surface area (Å²) in [7, 11) is 0. The molecule has 18 heteroatoms. The van der Waals surface area contributed by atoms with E-state index in [0.717, 1.165) is 51.6 Å². The molecule has 0 radical (unpaired) electrons. The van der Waals surface area contributed by atoms with Crippen LogP contribution >= 0.6 is 0 Å². The average molecular weight is 1020 g/mol. The van der Waals surface area contributed by atoms with Gasteiger partial charge in [-0.25, -0.2) is 0 Å². The van der Waals surface area contributed by atoms with Crippen LogP contribution in [-0.2, 0) is 42.6 Å². The van der Waals surface area contributed by atoms with Crippen LogP contribution in [0.15, 0.2) is 42.0 Å². The highest BCUT2D eigenvalue weighted by Crippen LogP contribution is 2.70. The summed E-state index contributed by atoms with van der Waals surface area (Å²) in [5.41, 5.74) is 1.97. The Morgan fingerprint density at radius 1 is 0.750 bits per heavy atom. The number of aliphatic hydroxyl groups is 7. The van der Waals surface area contributed by atoms with E-state index in [-0.39, 0.29) is 42.1 Å². The van der Waals surface area contributed by atoms with Gasteiger partial charge in [0.1, 0.15) is 61.0 Å². The zero-order chi connectivity index (χ0) is 51.0. The Morgan fingerprint density at radius 2 is 1.47 bits per heavy atom. The minimum absolute atomic E-state index is 0.00105. The van der Waals surface area contributed by atoms with Crippen molar-refractivity contribution >= 4 is 5.91 Å². The number of ether oxygens (including phenoxy) is 9. The molecule has 5 saturated heterocycles. The lowest BCUT2D eigenvalue weighted by atomic mass is 9.47. The van der Waals surface area contributed by atoms with E-state index in [9.17, 15) is 40.5 Å². The Morgan fingerprint density at radius 3 is 2.19 bits per heavy atom. The molecule has 5 heterocycles. The Balaban J connectivity index is 0.811. The maximum atomic E-state index is 12.5. The van der Waals surface area contributed by atoms with Crippen LogP contribution < -0.4 is 5.32 Å². The van der Waals surface area contributed by atoms with Crippen molar-refractivity contribution < 1.29 is 83.2 Å². The molecule has 1 aromatic carbocycles. The van der Waals surface area contributed by atoms with Crippen molar-refractivity contribution in [3.05, 3.63) is 47.5 Å². The van der Waals surface area contributed by atoms with Crippen LogP contribution in [0.5, 0.6) is 0 Å². The monoisotopic (exact) mass is 1020 g/mol. The maximum absolute atomic E-state index is 12.5. The highest BCUT2D eigenvalue weighted by molar-refractivity contribution is 5.94. The van der Waals surface area contributed by atoms with Gasteiger partial charge in [0.05, 0.1) is 44.2 Å². The molecule has 404 valence electrons. The first-order chi connectivity index (χ1) is 34.4. The number of nitrogens with one attached hydrogen (secondary N) is 1. The predicted octanol–water partition coefficient (Wildman–Crippen LogP) is 2.70. The van der Waals surface area contributed by atoms with Crippen LogP contribution in [-0.4, -0.2) is 178 Å². The molecule has 0 aromatic heterocycles. The summed E-state index contributed by atoms with van der Waals surface area (Å²) in [6, 6.07) is 8.68. The molecule has 9 aliphatic rings. The molecule has 1 spiro atoms. The van der Waals surface area contributed by atoms with Crippen LogP contribution in [0.4, 0.5) is 0 Å². The Kier molecular flexibility index (Phi) is 15.5. The van der Waals surface area contributed by atoms with Crippen LogP contribution in [0.25, 0.3) is 0 Å². The lowest BCUT2D eigenvalue weighted by Gasteiger charge is -2.58. The number of amides is 1. The molecule has 18 nitrogen and oxygen atoms in total. The lowest BCUT2D eigenvalue weighted by molar-refractivity contribution is -0.389. The van der Waals surface area contributed by atoms with Crippen LogP contribution in [0.3, 0.4) is 0 Å². The fourth-order valence-electron chi connectivity index (χ4n) is 15.3. The van der Waals surface area contributed by atoms with Gasteiger partial charge >= 0.3 is 0 Å². The molecule has 0 bridgehead atoms. The third-order valence-electron chi connectivity index (χ3n) is 19.4. The zero-order valence-electron chi connectivity index (χ0n) is 42.6. The van der Waals surface area contributed by atoms with E-state index >= 15 is 0 Å². The van der Waals surface area contributed by atoms with Crippen molar-refractivity contribution in [3.63, 3.8) is 0 Å². The van der Waals surface area contributed by atoms with Crippen molar-refractivity contribution in [2.24, 2.45) is 46.3 Å². The number of aliphatic hydroxyl groups excluding tert-OH is 7. The number of carbonyl (C=O) groups excluding carboxylic acids is 1. The second-order valence-electron chi connectivity index (χ2n) is 23.5. The molecule has 5 aliphatic heterocycles. The number of rotatable bonds is 12. The molecule has 72 heavy (non-hydrogen) atoms. The third kappa shape index (κ3) is 9.46. The van der Waals surface area contributed by atoms with E-state index in [4.69, 9.17) is 42.6 Å². The predicted molar refractivity (Wildman–Crippen MR) is 255 cm³/mol. The highest BCUT2D eigenvalue weighted by Gasteiger charge is 2.69. The van der Waals surface area contributed by atoms with Crippen molar-refractivity contribution in [3.8, 4) is 0 Å². The molecule has 4 aliphatic carbocycles. The van der Waals surface area contributed by atoms with Gasteiger partial charge in [-0.05, 0) is 118 Å². The van der Waals surface area contributed by atoms with Crippen LogP contribution in [0.2, 0.25) is 0 Å². The van der Waals surface area contributed by atoms with E-state index in [1.165, 1.54) is 12.5 Å². The number of benzene rings is 1. The Bertz CT molecular complexity index is 2060. The quantitative estimate of drug-likeness (QED) is 0.111. The fourth-order valence-corrected chi connectivity index (χ4v) is 15.3. The topological polar surface area (TPSA) is 254 Å². The second kappa shape index (κ2) is 21.0. The molecule has 8 N–H and O–H groups in total. The smallest absolute Gasteiger partial charge is 0.251 e. The van der Waals surface area contributed by atoms with E-state index in [0.29, 0.717) is 53.9 Å². The first-order valence-electron chi connectivity index (χ1n) is 27.0. The standard InChI is InChI=1S/C54H81NO17/c1-26-14-19-54(65-25-26)27(2)38-36(72-54)23-35-33-13-12-31-22-32(15-17-52(31,5)34(33)16-18-53(35,38)6)68-51-47(71-49-42(60)40(58)39(57)28(3)66-49)44(62)46(37(24-56)69-51)70-50-43(61)41(59)45(29(4)67-50)64-21-20-55-48(63)30-10-8-7-9-11-30/h7-12,26-29,32-47,49-51,56-62H,13-25H2,1-6H3,(H,55,63)/t26-,27-,28+,29+,32-,33+,34-,35?,36-,37+,38-,39+,40-,41+,42-,43-,44-,45+,46+,47+,49+,50+,51+,52-,53-,54+/m0/s1. The first kappa shape index (κ1) is 53.2. The van der Waals surface area contributed by atoms with Crippen molar-refractivity contribution in [1.82, 2.24) is 5.32 Å². The molecule has 1 unspecified atom stereocenters. The van der Waals surface area contributed by atoms with Gasteiger partial charge in [0, 0.05) is 24.4 Å².